The smallest absolute Gasteiger partial charge is 0.283 e. The second-order valence-corrected chi connectivity index (χ2v) is 7.12. The number of amidine groups is 2. The second-order valence-electron chi connectivity index (χ2n) is 6.13. The standard InChI is InChI=1S/C18H14N4O3S/c1-9(2)17-21-22-15(19)12(16(24)20-18(22)26-17)7-10-8-25-13-6-4-3-5-11(13)14(10)23/h3-9,19H,1-2H3/b12-7-,19-15?. The Labute approximate surface area is 152 Å². The van der Waals surface area contributed by atoms with E-state index in [1.807, 2.05) is 13.8 Å². The van der Waals surface area contributed by atoms with Crippen LogP contribution in [0.4, 0.5) is 0 Å². The molecule has 2 aliphatic heterocycles. The van der Waals surface area contributed by atoms with Crippen molar-refractivity contribution in [3.8, 4) is 0 Å². The third kappa shape index (κ3) is 2.59. The van der Waals surface area contributed by atoms with Gasteiger partial charge in [-0.15, -0.1) is 0 Å². The van der Waals surface area contributed by atoms with Crippen molar-refractivity contribution >= 4 is 50.8 Å². The van der Waals surface area contributed by atoms with Gasteiger partial charge >= 0.3 is 0 Å². The van der Waals surface area contributed by atoms with E-state index in [9.17, 15) is 9.59 Å². The maximum Gasteiger partial charge on any atom is 0.283 e. The summed E-state index contributed by atoms with van der Waals surface area (Å²) in [7, 11) is 0. The first kappa shape index (κ1) is 16.5. The van der Waals surface area contributed by atoms with E-state index < -0.39 is 5.91 Å². The van der Waals surface area contributed by atoms with E-state index in [0.717, 1.165) is 5.04 Å². The maximum absolute atomic E-state index is 12.6. The molecular formula is C18H14N4O3S. The number of benzene rings is 1. The summed E-state index contributed by atoms with van der Waals surface area (Å²) in [6, 6.07) is 6.87. The van der Waals surface area contributed by atoms with E-state index >= 15 is 0 Å². The summed E-state index contributed by atoms with van der Waals surface area (Å²) in [5, 5.41) is 15.6. The van der Waals surface area contributed by atoms with E-state index in [0.29, 0.717) is 16.1 Å². The van der Waals surface area contributed by atoms with Crippen LogP contribution in [0.15, 0.2) is 55.4 Å². The van der Waals surface area contributed by atoms with Crippen molar-refractivity contribution in [1.29, 1.82) is 5.41 Å². The number of nitrogens with one attached hydrogen (secondary N) is 1. The summed E-state index contributed by atoms with van der Waals surface area (Å²) < 4.78 is 5.46. The minimum absolute atomic E-state index is 0.00527. The highest BCUT2D eigenvalue weighted by Gasteiger charge is 2.36. The molecule has 26 heavy (non-hydrogen) atoms. The molecule has 7 nitrogen and oxygen atoms in total. The average Bonchev–Trinajstić information content (AvgIpc) is 3.05. The van der Waals surface area contributed by atoms with Gasteiger partial charge < -0.3 is 4.42 Å². The third-order valence-corrected chi connectivity index (χ3v) is 5.18. The molecule has 0 unspecified atom stereocenters. The van der Waals surface area contributed by atoms with Gasteiger partial charge in [0.25, 0.3) is 5.91 Å². The SMILES string of the molecule is CC(C)C1=NN2C(=N)/C(=C/c3coc4ccccc4c3=O)C(=O)N=C2S1. The Balaban J connectivity index is 1.79. The molecule has 0 radical (unpaired) electrons. The lowest BCUT2D eigenvalue weighted by Gasteiger charge is -2.20. The zero-order valence-corrected chi connectivity index (χ0v) is 14.8. The Morgan fingerprint density at radius 3 is 2.81 bits per heavy atom. The van der Waals surface area contributed by atoms with Crippen molar-refractivity contribution in [2.75, 3.05) is 0 Å². The van der Waals surface area contributed by atoms with Crippen LogP contribution in [-0.4, -0.2) is 27.0 Å². The van der Waals surface area contributed by atoms with Crippen molar-refractivity contribution in [3.63, 3.8) is 0 Å². The minimum atomic E-state index is -0.568. The molecule has 130 valence electrons. The van der Waals surface area contributed by atoms with E-state index in [2.05, 4.69) is 10.1 Å². The Bertz CT molecular complexity index is 1110. The van der Waals surface area contributed by atoms with E-state index in [1.54, 1.807) is 24.3 Å². The number of aliphatic imine (C=N–C) groups is 1. The highest BCUT2D eigenvalue weighted by atomic mass is 32.2. The molecule has 1 N–H and O–H groups in total. The number of thioether (sulfide) groups is 1. The van der Waals surface area contributed by atoms with Gasteiger partial charge in [-0.3, -0.25) is 15.0 Å². The first-order valence-corrected chi connectivity index (χ1v) is 8.78. The fraction of sp³-hybridized carbons (Fsp3) is 0.167. The molecule has 3 heterocycles. The summed E-state index contributed by atoms with van der Waals surface area (Å²) >= 11 is 1.28. The molecule has 1 aromatic heterocycles. The predicted molar refractivity (Wildman–Crippen MR) is 102 cm³/mol. The number of para-hydroxylation sites is 1. The quantitative estimate of drug-likeness (QED) is 0.824. The highest BCUT2D eigenvalue weighted by Crippen LogP contribution is 2.30. The number of hydrogen-bond acceptors (Lipinski definition) is 6. The number of hydrazone groups is 1. The fourth-order valence-corrected chi connectivity index (χ4v) is 3.48. The van der Waals surface area contributed by atoms with Crippen LogP contribution in [0, 0.1) is 11.3 Å². The second kappa shape index (κ2) is 6.06. The number of hydrogen-bond donors (Lipinski definition) is 1. The van der Waals surface area contributed by atoms with Crippen LogP contribution >= 0.6 is 11.8 Å². The Hall–Kier alpha value is -3.00. The zero-order chi connectivity index (χ0) is 18.4. The van der Waals surface area contributed by atoms with Crippen LogP contribution in [-0.2, 0) is 4.79 Å². The highest BCUT2D eigenvalue weighted by molar-refractivity contribution is 8.27. The molecule has 2 aliphatic rings. The zero-order valence-electron chi connectivity index (χ0n) is 14.0. The third-order valence-electron chi connectivity index (χ3n) is 3.97. The van der Waals surface area contributed by atoms with Crippen LogP contribution < -0.4 is 5.43 Å². The molecule has 0 atom stereocenters. The number of nitrogens with zero attached hydrogens (tertiary/aromatic N) is 3. The summed E-state index contributed by atoms with van der Waals surface area (Å²) in [5.74, 6) is -0.506. The summed E-state index contributed by atoms with van der Waals surface area (Å²) in [5.41, 5.74) is 0.394. The summed E-state index contributed by atoms with van der Waals surface area (Å²) in [6.45, 7) is 3.96. The average molecular weight is 366 g/mol. The van der Waals surface area contributed by atoms with Crippen LogP contribution in [0.2, 0.25) is 0 Å². The van der Waals surface area contributed by atoms with Crippen molar-refractivity contribution < 1.29 is 9.21 Å². The fourth-order valence-electron chi connectivity index (χ4n) is 2.59. The predicted octanol–water partition coefficient (Wildman–Crippen LogP) is 3.07. The number of rotatable bonds is 2. The normalized spacial score (nSPS) is 18.6. The molecule has 1 aromatic carbocycles. The van der Waals surface area contributed by atoms with Gasteiger partial charge in [0.2, 0.25) is 5.17 Å². The number of fused-ring (bicyclic) bond motifs is 2. The lowest BCUT2D eigenvalue weighted by molar-refractivity contribution is -0.114. The number of carbonyl (C=O) groups excluding carboxylic acids is 1. The van der Waals surface area contributed by atoms with Crippen LogP contribution in [0.3, 0.4) is 0 Å². The molecule has 2 aromatic rings. The Kier molecular flexibility index (Phi) is 3.84. The van der Waals surface area contributed by atoms with Gasteiger partial charge in [-0.1, -0.05) is 26.0 Å². The van der Waals surface area contributed by atoms with Gasteiger partial charge in [0.1, 0.15) is 16.9 Å². The van der Waals surface area contributed by atoms with E-state index in [1.165, 1.54) is 29.1 Å². The molecule has 0 saturated carbocycles. The molecule has 4 rings (SSSR count). The molecule has 0 saturated heterocycles. The number of carbonyl (C=O) groups is 1. The van der Waals surface area contributed by atoms with Crippen molar-refractivity contribution in [3.05, 3.63) is 51.9 Å². The van der Waals surface area contributed by atoms with Crippen molar-refractivity contribution in [2.24, 2.45) is 16.0 Å². The molecule has 0 bridgehead atoms. The van der Waals surface area contributed by atoms with Gasteiger partial charge in [0.15, 0.2) is 11.3 Å². The summed E-state index contributed by atoms with van der Waals surface area (Å²) in [4.78, 5) is 29.0. The molecule has 0 fully saturated rings. The van der Waals surface area contributed by atoms with Crippen LogP contribution in [0.25, 0.3) is 17.0 Å². The first-order valence-electron chi connectivity index (χ1n) is 7.96. The largest absolute Gasteiger partial charge is 0.463 e. The van der Waals surface area contributed by atoms with Crippen molar-refractivity contribution in [2.45, 2.75) is 13.8 Å². The number of amides is 1. The maximum atomic E-state index is 12.6. The molecular weight excluding hydrogens is 352 g/mol. The van der Waals surface area contributed by atoms with E-state index in [-0.39, 0.29) is 28.3 Å². The first-order chi connectivity index (χ1) is 12.5. The van der Waals surface area contributed by atoms with Crippen LogP contribution in [0.1, 0.15) is 19.4 Å². The molecule has 0 spiro atoms. The molecule has 0 aliphatic carbocycles. The van der Waals surface area contributed by atoms with Gasteiger partial charge in [-0.25, -0.2) is 0 Å². The molecule has 8 heteroatoms. The Morgan fingerprint density at radius 1 is 1.27 bits per heavy atom. The van der Waals surface area contributed by atoms with Gasteiger partial charge in [0, 0.05) is 5.92 Å². The lowest BCUT2D eigenvalue weighted by atomic mass is 10.1. The van der Waals surface area contributed by atoms with Gasteiger partial charge in [0.05, 0.1) is 16.5 Å². The van der Waals surface area contributed by atoms with Gasteiger partial charge in [-0.2, -0.15) is 15.1 Å². The van der Waals surface area contributed by atoms with Crippen LogP contribution in [0.5, 0.6) is 0 Å². The Morgan fingerprint density at radius 2 is 2.04 bits per heavy atom. The van der Waals surface area contributed by atoms with E-state index in [4.69, 9.17) is 9.83 Å². The van der Waals surface area contributed by atoms with Gasteiger partial charge in [-0.05, 0) is 30.0 Å². The monoisotopic (exact) mass is 366 g/mol. The lowest BCUT2D eigenvalue weighted by Crippen LogP contribution is -2.35. The van der Waals surface area contributed by atoms with Crippen molar-refractivity contribution in [1.82, 2.24) is 5.01 Å². The summed E-state index contributed by atoms with van der Waals surface area (Å²) in [6.07, 6.45) is 2.63. The molecule has 1 amide bonds. The minimum Gasteiger partial charge on any atom is -0.463 e. The topological polar surface area (TPSA) is 99.1 Å².